The van der Waals surface area contributed by atoms with Crippen molar-refractivity contribution in [2.75, 3.05) is 26.7 Å². The molecular formula is C15H25BrN2O. The number of rotatable bonds is 7. The largest absolute Gasteiger partial charge is 0.497 e. The van der Waals surface area contributed by atoms with Crippen LogP contribution in [0.1, 0.15) is 26.3 Å². The second-order valence-electron chi connectivity index (χ2n) is 5.63. The first-order valence-electron chi connectivity index (χ1n) is 6.66. The number of halogens is 1. The molecule has 0 bridgehead atoms. The Morgan fingerprint density at radius 1 is 1.37 bits per heavy atom. The number of hydrogen-bond donors (Lipinski definition) is 1. The summed E-state index contributed by atoms with van der Waals surface area (Å²) >= 11 is 3.61. The topological polar surface area (TPSA) is 38.5 Å². The summed E-state index contributed by atoms with van der Waals surface area (Å²) in [6.07, 6.45) is 0. The van der Waals surface area contributed by atoms with E-state index < -0.39 is 0 Å². The minimum absolute atomic E-state index is 0.140. The Morgan fingerprint density at radius 2 is 2.05 bits per heavy atom. The lowest BCUT2D eigenvalue weighted by molar-refractivity contribution is 0.183. The van der Waals surface area contributed by atoms with Crippen molar-refractivity contribution in [2.24, 2.45) is 11.1 Å². The molecule has 0 saturated heterocycles. The fourth-order valence-electron chi connectivity index (χ4n) is 1.99. The van der Waals surface area contributed by atoms with Crippen LogP contribution in [-0.4, -0.2) is 31.6 Å². The Balaban J connectivity index is 2.80. The highest BCUT2D eigenvalue weighted by atomic mass is 79.9. The van der Waals surface area contributed by atoms with E-state index in [0.29, 0.717) is 6.54 Å². The molecule has 0 spiro atoms. The van der Waals surface area contributed by atoms with Gasteiger partial charge < -0.3 is 10.5 Å². The molecule has 1 aromatic carbocycles. The molecule has 2 N–H and O–H groups in total. The minimum Gasteiger partial charge on any atom is -0.497 e. The Morgan fingerprint density at radius 3 is 2.58 bits per heavy atom. The summed E-state index contributed by atoms with van der Waals surface area (Å²) in [5.74, 6) is 0.896. The number of nitrogens with two attached hydrogens (primary N) is 1. The van der Waals surface area contributed by atoms with Gasteiger partial charge in [0.1, 0.15) is 5.75 Å². The van der Waals surface area contributed by atoms with E-state index in [9.17, 15) is 0 Å². The number of ether oxygens (including phenoxy) is 1. The first kappa shape index (κ1) is 16.5. The van der Waals surface area contributed by atoms with Gasteiger partial charge in [0.05, 0.1) is 7.11 Å². The Labute approximate surface area is 125 Å². The van der Waals surface area contributed by atoms with Crippen molar-refractivity contribution < 1.29 is 4.74 Å². The highest BCUT2D eigenvalue weighted by Gasteiger charge is 2.20. The van der Waals surface area contributed by atoms with Crippen molar-refractivity contribution in [3.63, 3.8) is 0 Å². The molecule has 19 heavy (non-hydrogen) atoms. The van der Waals surface area contributed by atoms with E-state index in [1.54, 1.807) is 7.11 Å². The molecule has 0 atom stereocenters. The van der Waals surface area contributed by atoms with Crippen LogP contribution in [0.25, 0.3) is 0 Å². The lowest BCUT2D eigenvalue weighted by Crippen LogP contribution is -2.38. The zero-order valence-electron chi connectivity index (χ0n) is 12.4. The second kappa shape index (κ2) is 7.27. The van der Waals surface area contributed by atoms with Crippen LogP contribution in [0, 0.1) is 5.41 Å². The standard InChI is InChI=1S/C15H25BrN2O/c1-5-18(11-15(2,3)10-17)9-12-8-13(19-4)6-7-14(12)16/h6-8H,5,9-11,17H2,1-4H3. The first-order valence-corrected chi connectivity index (χ1v) is 7.46. The van der Waals surface area contributed by atoms with Gasteiger partial charge in [0, 0.05) is 17.6 Å². The van der Waals surface area contributed by atoms with Crippen molar-refractivity contribution in [3.8, 4) is 5.75 Å². The highest BCUT2D eigenvalue weighted by molar-refractivity contribution is 9.10. The number of benzene rings is 1. The fourth-order valence-corrected chi connectivity index (χ4v) is 2.36. The quantitative estimate of drug-likeness (QED) is 0.834. The van der Waals surface area contributed by atoms with Gasteiger partial charge >= 0.3 is 0 Å². The maximum absolute atomic E-state index is 5.82. The molecule has 0 amide bonds. The zero-order valence-corrected chi connectivity index (χ0v) is 14.0. The van der Waals surface area contributed by atoms with Crippen LogP contribution in [0.2, 0.25) is 0 Å². The average Bonchev–Trinajstić information content (AvgIpc) is 2.40. The third kappa shape index (κ3) is 5.13. The van der Waals surface area contributed by atoms with Gasteiger partial charge in [-0.3, -0.25) is 4.90 Å². The lowest BCUT2D eigenvalue weighted by atomic mass is 9.93. The highest BCUT2D eigenvalue weighted by Crippen LogP contribution is 2.25. The van der Waals surface area contributed by atoms with E-state index >= 15 is 0 Å². The fraction of sp³-hybridized carbons (Fsp3) is 0.600. The van der Waals surface area contributed by atoms with Crippen molar-refractivity contribution in [2.45, 2.75) is 27.3 Å². The number of hydrogen-bond acceptors (Lipinski definition) is 3. The second-order valence-corrected chi connectivity index (χ2v) is 6.48. The van der Waals surface area contributed by atoms with Crippen LogP contribution < -0.4 is 10.5 Å². The molecule has 0 aliphatic heterocycles. The summed E-state index contributed by atoms with van der Waals surface area (Å²) < 4.78 is 6.41. The van der Waals surface area contributed by atoms with Crippen molar-refractivity contribution >= 4 is 15.9 Å². The zero-order chi connectivity index (χ0) is 14.5. The Kier molecular flexibility index (Phi) is 6.30. The summed E-state index contributed by atoms with van der Waals surface area (Å²) in [4.78, 5) is 2.41. The van der Waals surface area contributed by atoms with Gasteiger partial charge in [-0.1, -0.05) is 36.7 Å². The lowest BCUT2D eigenvalue weighted by Gasteiger charge is -2.31. The molecular weight excluding hydrogens is 304 g/mol. The van der Waals surface area contributed by atoms with Gasteiger partial charge in [0.15, 0.2) is 0 Å². The summed E-state index contributed by atoms with van der Waals surface area (Å²) in [6, 6.07) is 6.09. The Hall–Kier alpha value is -0.580. The molecule has 0 aliphatic rings. The van der Waals surface area contributed by atoms with Gasteiger partial charge in [-0.15, -0.1) is 0 Å². The molecule has 108 valence electrons. The van der Waals surface area contributed by atoms with E-state index in [0.717, 1.165) is 29.9 Å². The number of nitrogens with zero attached hydrogens (tertiary/aromatic N) is 1. The molecule has 4 heteroatoms. The van der Waals surface area contributed by atoms with E-state index in [2.05, 4.69) is 47.7 Å². The van der Waals surface area contributed by atoms with Crippen molar-refractivity contribution in [1.82, 2.24) is 4.90 Å². The summed E-state index contributed by atoms with van der Waals surface area (Å²) in [5.41, 5.74) is 7.21. The molecule has 0 heterocycles. The molecule has 0 aromatic heterocycles. The molecule has 1 aromatic rings. The van der Waals surface area contributed by atoms with E-state index in [1.807, 2.05) is 12.1 Å². The maximum atomic E-state index is 5.82. The minimum atomic E-state index is 0.140. The summed E-state index contributed by atoms with van der Waals surface area (Å²) in [7, 11) is 1.70. The molecule has 0 saturated carbocycles. The van der Waals surface area contributed by atoms with Crippen molar-refractivity contribution in [1.29, 1.82) is 0 Å². The van der Waals surface area contributed by atoms with Crippen molar-refractivity contribution in [3.05, 3.63) is 28.2 Å². The van der Waals surface area contributed by atoms with Gasteiger partial charge in [-0.2, -0.15) is 0 Å². The van der Waals surface area contributed by atoms with Crippen LogP contribution in [-0.2, 0) is 6.54 Å². The van der Waals surface area contributed by atoms with E-state index in [4.69, 9.17) is 10.5 Å². The smallest absolute Gasteiger partial charge is 0.119 e. The third-order valence-corrected chi connectivity index (χ3v) is 4.07. The molecule has 3 nitrogen and oxygen atoms in total. The van der Waals surface area contributed by atoms with Gasteiger partial charge in [0.25, 0.3) is 0 Å². The molecule has 0 unspecified atom stereocenters. The van der Waals surface area contributed by atoms with Gasteiger partial charge in [0.2, 0.25) is 0 Å². The maximum Gasteiger partial charge on any atom is 0.119 e. The SMILES string of the molecule is CCN(Cc1cc(OC)ccc1Br)CC(C)(C)CN. The van der Waals surface area contributed by atoms with Gasteiger partial charge in [-0.05, 0) is 42.3 Å². The first-order chi connectivity index (χ1) is 8.91. The van der Waals surface area contributed by atoms with Crippen LogP contribution >= 0.6 is 15.9 Å². The third-order valence-electron chi connectivity index (χ3n) is 3.30. The summed E-state index contributed by atoms with van der Waals surface area (Å²) in [6.45, 7) is 10.2. The van der Waals surface area contributed by atoms with E-state index in [-0.39, 0.29) is 5.41 Å². The molecule has 0 aliphatic carbocycles. The number of methoxy groups -OCH3 is 1. The molecule has 0 radical (unpaired) electrons. The summed E-state index contributed by atoms with van der Waals surface area (Å²) in [5, 5.41) is 0. The van der Waals surface area contributed by atoms with Crippen LogP contribution in [0.3, 0.4) is 0 Å². The predicted octanol–water partition coefficient (Wildman–Crippen LogP) is 3.26. The van der Waals surface area contributed by atoms with E-state index in [1.165, 1.54) is 5.56 Å². The molecule has 0 fully saturated rings. The van der Waals surface area contributed by atoms with Gasteiger partial charge in [-0.25, -0.2) is 0 Å². The van der Waals surface area contributed by atoms with Crippen LogP contribution in [0.15, 0.2) is 22.7 Å². The molecule has 1 rings (SSSR count). The average molecular weight is 329 g/mol. The van der Waals surface area contributed by atoms with Crippen LogP contribution in [0.5, 0.6) is 5.75 Å². The normalized spacial score (nSPS) is 11.9. The Bertz CT molecular complexity index is 407. The van der Waals surface area contributed by atoms with Crippen LogP contribution in [0.4, 0.5) is 0 Å². The predicted molar refractivity (Wildman–Crippen MR) is 84.5 cm³/mol. The monoisotopic (exact) mass is 328 g/mol.